The molecular formula is C10H17NO. The van der Waals surface area contributed by atoms with Gasteiger partial charge in [0.2, 0.25) is 0 Å². The first-order valence-corrected chi connectivity index (χ1v) is 4.35. The fourth-order valence-electron chi connectivity index (χ4n) is 1.24. The Morgan fingerprint density at radius 3 is 2.17 bits per heavy atom. The second-order valence-electron chi connectivity index (χ2n) is 3.76. The van der Waals surface area contributed by atoms with Gasteiger partial charge in [-0.3, -0.25) is 0 Å². The molecule has 0 bridgehead atoms. The average Bonchev–Trinajstić information content (AvgIpc) is 2.54. The first kappa shape index (κ1) is 9.33. The van der Waals surface area contributed by atoms with E-state index in [9.17, 15) is 5.11 Å². The summed E-state index contributed by atoms with van der Waals surface area (Å²) in [5.41, 5.74) is -0.163. The summed E-state index contributed by atoms with van der Waals surface area (Å²) in [6.45, 7) is 6.49. The number of aromatic nitrogens is 1. The van der Waals surface area contributed by atoms with Crippen molar-refractivity contribution in [2.45, 2.75) is 26.3 Å². The van der Waals surface area contributed by atoms with Crippen LogP contribution >= 0.6 is 0 Å². The number of hydrogen-bond acceptors (Lipinski definition) is 1. The highest BCUT2D eigenvalue weighted by atomic mass is 16.3. The topological polar surface area (TPSA) is 25.2 Å². The molecule has 0 saturated carbocycles. The maximum absolute atomic E-state index is 9.31. The fraction of sp³-hybridized carbons (Fsp3) is 0.600. The van der Waals surface area contributed by atoms with Crippen LogP contribution in [0.4, 0.5) is 0 Å². The van der Waals surface area contributed by atoms with Gasteiger partial charge in [0.05, 0.1) is 12.1 Å². The summed E-state index contributed by atoms with van der Waals surface area (Å²) in [6, 6.07) is 3.96. The van der Waals surface area contributed by atoms with Crippen molar-refractivity contribution in [3.8, 4) is 0 Å². The first-order chi connectivity index (χ1) is 5.61. The molecule has 2 nitrogen and oxygen atoms in total. The zero-order valence-corrected chi connectivity index (χ0v) is 7.99. The van der Waals surface area contributed by atoms with E-state index < -0.39 is 0 Å². The molecule has 12 heavy (non-hydrogen) atoms. The van der Waals surface area contributed by atoms with Gasteiger partial charge in [-0.25, -0.2) is 0 Å². The van der Waals surface area contributed by atoms with Crippen LogP contribution in [0.1, 0.15) is 20.8 Å². The van der Waals surface area contributed by atoms with E-state index in [2.05, 4.69) is 25.3 Å². The van der Waals surface area contributed by atoms with E-state index in [1.807, 2.05) is 24.5 Å². The zero-order chi connectivity index (χ0) is 9.19. The van der Waals surface area contributed by atoms with Crippen molar-refractivity contribution in [3.05, 3.63) is 24.5 Å². The van der Waals surface area contributed by atoms with Crippen LogP contribution in [0.3, 0.4) is 0 Å². The van der Waals surface area contributed by atoms with Gasteiger partial charge in [0.1, 0.15) is 0 Å². The molecule has 0 fully saturated rings. The van der Waals surface area contributed by atoms with E-state index in [0.29, 0.717) is 5.92 Å². The fourth-order valence-corrected chi connectivity index (χ4v) is 1.24. The Hall–Kier alpha value is -0.760. The summed E-state index contributed by atoms with van der Waals surface area (Å²) in [7, 11) is 0. The minimum absolute atomic E-state index is 0.163. The van der Waals surface area contributed by atoms with E-state index in [1.54, 1.807) is 0 Å². The summed E-state index contributed by atoms with van der Waals surface area (Å²) < 4.78 is 2.07. The minimum atomic E-state index is -0.163. The molecule has 0 spiro atoms. The monoisotopic (exact) mass is 167 g/mol. The summed E-state index contributed by atoms with van der Waals surface area (Å²) in [6.07, 6.45) is 3.99. The molecule has 2 heteroatoms. The Morgan fingerprint density at radius 1 is 1.33 bits per heavy atom. The van der Waals surface area contributed by atoms with Crippen molar-refractivity contribution in [2.75, 3.05) is 6.61 Å². The molecule has 1 aromatic heterocycles. The third-order valence-electron chi connectivity index (χ3n) is 2.76. The van der Waals surface area contributed by atoms with Gasteiger partial charge in [-0.05, 0) is 25.0 Å². The second-order valence-corrected chi connectivity index (χ2v) is 3.76. The lowest BCUT2D eigenvalue weighted by molar-refractivity contribution is 0.103. The third-order valence-corrected chi connectivity index (χ3v) is 2.76. The summed E-state index contributed by atoms with van der Waals surface area (Å²) >= 11 is 0. The molecular weight excluding hydrogens is 150 g/mol. The molecule has 1 heterocycles. The summed E-state index contributed by atoms with van der Waals surface area (Å²) in [5.74, 6) is 0.426. The van der Waals surface area contributed by atoms with Gasteiger partial charge in [-0.15, -0.1) is 0 Å². The molecule has 0 aromatic carbocycles. The highest BCUT2D eigenvalue weighted by Crippen LogP contribution is 2.24. The number of nitrogens with zero attached hydrogens (tertiary/aromatic N) is 1. The van der Waals surface area contributed by atoms with Gasteiger partial charge < -0.3 is 9.67 Å². The highest BCUT2D eigenvalue weighted by molar-refractivity contribution is 4.98. The van der Waals surface area contributed by atoms with Crippen LogP contribution in [0.25, 0.3) is 0 Å². The van der Waals surface area contributed by atoms with Gasteiger partial charge in [-0.2, -0.15) is 0 Å². The molecule has 0 radical (unpaired) electrons. The van der Waals surface area contributed by atoms with Gasteiger partial charge in [0, 0.05) is 12.4 Å². The van der Waals surface area contributed by atoms with E-state index >= 15 is 0 Å². The predicted molar refractivity (Wildman–Crippen MR) is 50.0 cm³/mol. The second kappa shape index (κ2) is 3.31. The Bertz CT molecular complexity index is 228. The normalized spacial score (nSPS) is 16.4. The Kier molecular flexibility index (Phi) is 2.58. The highest BCUT2D eigenvalue weighted by Gasteiger charge is 2.28. The van der Waals surface area contributed by atoms with E-state index in [1.165, 1.54) is 0 Å². The molecule has 1 N–H and O–H groups in total. The van der Waals surface area contributed by atoms with Crippen LogP contribution < -0.4 is 0 Å². The molecule has 1 unspecified atom stereocenters. The Balaban J connectivity index is 2.96. The van der Waals surface area contributed by atoms with Crippen LogP contribution in [0.15, 0.2) is 24.5 Å². The predicted octanol–water partition coefficient (Wildman–Crippen LogP) is 1.85. The number of rotatable bonds is 3. The van der Waals surface area contributed by atoms with Gasteiger partial charge in [0.25, 0.3) is 0 Å². The van der Waals surface area contributed by atoms with Crippen LogP contribution in [-0.2, 0) is 5.54 Å². The van der Waals surface area contributed by atoms with E-state index in [4.69, 9.17) is 0 Å². The summed E-state index contributed by atoms with van der Waals surface area (Å²) in [5, 5.41) is 9.31. The van der Waals surface area contributed by atoms with Crippen molar-refractivity contribution in [2.24, 2.45) is 5.92 Å². The van der Waals surface area contributed by atoms with Gasteiger partial charge in [-0.1, -0.05) is 13.8 Å². The molecule has 0 aliphatic rings. The van der Waals surface area contributed by atoms with Crippen LogP contribution in [0, 0.1) is 5.92 Å². The molecule has 1 rings (SSSR count). The average molecular weight is 167 g/mol. The molecule has 1 aromatic rings. The smallest absolute Gasteiger partial charge is 0.0666 e. The van der Waals surface area contributed by atoms with E-state index in [0.717, 1.165) is 0 Å². The Morgan fingerprint density at radius 2 is 1.83 bits per heavy atom. The lowest BCUT2D eigenvalue weighted by Crippen LogP contribution is -2.38. The standard InChI is InChI=1S/C10H17NO/c1-9(2)10(3,8-12)11-6-4-5-7-11/h4-7,9,12H,8H2,1-3H3. The zero-order valence-electron chi connectivity index (χ0n) is 7.99. The van der Waals surface area contributed by atoms with Crippen molar-refractivity contribution in [3.63, 3.8) is 0 Å². The molecule has 68 valence electrons. The van der Waals surface area contributed by atoms with Gasteiger partial charge in [0.15, 0.2) is 0 Å². The third kappa shape index (κ3) is 1.39. The van der Waals surface area contributed by atoms with Crippen LogP contribution in [0.2, 0.25) is 0 Å². The minimum Gasteiger partial charge on any atom is -0.394 e. The SMILES string of the molecule is CC(C)C(C)(CO)n1cccc1. The van der Waals surface area contributed by atoms with Crippen molar-refractivity contribution in [1.82, 2.24) is 4.57 Å². The maximum Gasteiger partial charge on any atom is 0.0666 e. The molecule has 0 saturated heterocycles. The van der Waals surface area contributed by atoms with Crippen molar-refractivity contribution < 1.29 is 5.11 Å². The lowest BCUT2D eigenvalue weighted by atomic mass is 9.89. The van der Waals surface area contributed by atoms with Crippen LogP contribution in [0.5, 0.6) is 0 Å². The maximum atomic E-state index is 9.31. The first-order valence-electron chi connectivity index (χ1n) is 4.35. The van der Waals surface area contributed by atoms with Crippen molar-refractivity contribution in [1.29, 1.82) is 0 Å². The lowest BCUT2D eigenvalue weighted by Gasteiger charge is -2.33. The van der Waals surface area contributed by atoms with E-state index in [-0.39, 0.29) is 12.1 Å². The van der Waals surface area contributed by atoms with Crippen LogP contribution in [-0.4, -0.2) is 16.3 Å². The molecule has 1 atom stereocenters. The number of hydrogen-bond donors (Lipinski definition) is 1. The molecule has 0 aliphatic heterocycles. The quantitative estimate of drug-likeness (QED) is 0.730. The van der Waals surface area contributed by atoms with Gasteiger partial charge >= 0.3 is 0 Å². The molecule has 0 aliphatic carbocycles. The molecule has 0 amide bonds. The largest absolute Gasteiger partial charge is 0.394 e. The number of aliphatic hydroxyl groups is 1. The number of aliphatic hydroxyl groups excluding tert-OH is 1. The Labute approximate surface area is 73.8 Å². The van der Waals surface area contributed by atoms with Crippen molar-refractivity contribution >= 4 is 0 Å². The summed E-state index contributed by atoms with van der Waals surface area (Å²) in [4.78, 5) is 0.